The smallest absolute Gasteiger partial charge is 0.194 e. The van der Waals surface area contributed by atoms with Crippen LogP contribution in [0.1, 0.15) is 27.9 Å². The van der Waals surface area contributed by atoms with Crippen LogP contribution in [0.5, 0.6) is 0 Å². The molecule has 0 saturated carbocycles. The van der Waals surface area contributed by atoms with Crippen molar-refractivity contribution in [2.24, 2.45) is 0 Å². The van der Waals surface area contributed by atoms with E-state index in [-0.39, 0.29) is 5.43 Å². The Morgan fingerprint density at radius 2 is 1.79 bits per heavy atom. The molecule has 3 nitrogen and oxygen atoms in total. The fourth-order valence-electron chi connectivity index (χ4n) is 3.53. The lowest BCUT2D eigenvalue weighted by molar-refractivity contribution is 0.243. The highest BCUT2D eigenvalue weighted by Gasteiger charge is 2.21. The maximum absolute atomic E-state index is 12.9. The van der Waals surface area contributed by atoms with Gasteiger partial charge in [-0.05, 0) is 31.5 Å². The van der Waals surface area contributed by atoms with Crippen LogP contribution in [0.15, 0.2) is 47.3 Å². The van der Waals surface area contributed by atoms with Crippen LogP contribution < -0.4 is 5.43 Å². The molecule has 4 rings (SSSR count). The molecule has 0 aliphatic carbocycles. The summed E-state index contributed by atoms with van der Waals surface area (Å²) in [7, 11) is 0. The molecule has 1 aromatic heterocycles. The Bertz CT molecular complexity index is 954. The van der Waals surface area contributed by atoms with E-state index in [2.05, 4.69) is 47.1 Å². The molecule has 0 saturated heterocycles. The van der Waals surface area contributed by atoms with Gasteiger partial charge in [-0.1, -0.05) is 41.5 Å². The van der Waals surface area contributed by atoms with Crippen LogP contribution >= 0.6 is 0 Å². The van der Waals surface area contributed by atoms with Gasteiger partial charge >= 0.3 is 0 Å². The van der Waals surface area contributed by atoms with Gasteiger partial charge in [-0.15, -0.1) is 0 Å². The van der Waals surface area contributed by atoms with E-state index in [1.165, 1.54) is 11.1 Å². The Kier molecular flexibility index (Phi) is 3.73. The summed E-state index contributed by atoms with van der Waals surface area (Å²) in [6.07, 6.45) is 0.903. The normalized spacial score (nSPS) is 14.8. The number of nitrogens with one attached hydrogen (secondary N) is 1. The van der Waals surface area contributed by atoms with Gasteiger partial charge in [0.25, 0.3) is 0 Å². The summed E-state index contributed by atoms with van der Waals surface area (Å²) in [5.41, 5.74) is 6.90. The average molecular weight is 318 g/mol. The molecule has 2 aromatic carbocycles. The van der Waals surface area contributed by atoms with Crippen molar-refractivity contribution in [1.29, 1.82) is 0 Å². The number of benzene rings is 2. The molecule has 3 heteroatoms. The van der Waals surface area contributed by atoms with Crippen molar-refractivity contribution >= 4 is 10.9 Å². The van der Waals surface area contributed by atoms with Crippen LogP contribution in [0.2, 0.25) is 0 Å². The largest absolute Gasteiger partial charge is 0.358 e. The van der Waals surface area contributed by atoms with Gasteiger partial charge in [0.2, 0.25) is 0 Å². The maximum atomic E-state index is 12.9. The Hall–Kier alpha value is -2.39. The highest BCUT2D eigenvalue weighted by molar-refractivity contribution is 5.80. The molecule has 3 aromatic rings. The van der Waals surface area contributed by atoms with Crippen molar-refractivity contribution in [2.75, 3.05) is 6.54 Å². The second-order valence-electron chi connectivity index (χ2n) is 6.91. The van der Waals surface area contributed by atoms with Crippen molar-refractivity contribution in [2.45, 2.75) is 33.4 Å². The first-order valence-corrected chi connectivity index (χ1v) is 8.52. The lowest BCUT2D eigenvalue weighted by atomic mass is 10.0. The Morgan fingerprint density at radius 3 is 2.58 bits per heavy atom. The number of rotatable bonds is 2. The van der Waals surface area contributed by atoms with Gasteiger partial charge in [-0.25, -0.2) is 0 Å². The van der Waals surface area contributed by atoms with Gasteiger partial charge in [0.15, 0.2) is 5.43 Å². The Labute approximate surface area is 141 Å². The quantitative estimate of drug-likeness (QED) is 0.782. The third-order valence-electron chi connectivity index (χ3n) is 4.93. The molecule has 24 heavy (non-hydrogen) atoms. The van der Waals surface area contributed by atoms with E-state index in [1.807, 2.05) is 19.1 Å². The first kappa shape index (κ1) is 15.2. The highest BCUT2D eigenvalue weighted by atomic mass is 16.1. The SMILES string of the molecule is Cc1ccc(CN2CCc3[nH]c4ccc(C)cc4c(=O)c3C2)cc1. The third kappa shape index (κ3) is 2.76. The standard InChI is InChI=1S/C21H22N2O/c1-14-3-6-16(7-4-14)12-23-10-9-20-18(13-23)21(24)17-11-15(2)5-8-19(17)22-20/h3-8,11H,9-10,12-13H2,1-2H3,(H,22,24). The molecule has 122 valence electrons. The summed E-state index contributed by atoms with van der Waals surface area (Å²) in [6.45, 7) is 6.73. The van der Waals surface area contributed by atoms with E-state index in [1.54, 1.807) is 0 Å². The number of aromatic nitrogens is 1. The number of hydrogen-bond donors (Lipinski definition) is 1. The summed E-state index contributed by atoms with van der Waals surface area (Å²) < 4.78 is 0. The molecule has 0 radical (unpaired) electrons. The van der Waals surface area contributed by atoms with Crippen LogP contribution in [-0.4, -0.2) is 16.4 Å². The number of hydrogen-bond acceptors (Lipinski definition) is 2. The van der Waals surface area contributed by atoms with Crippen LogP contribution in [-0.2, 0) is 19.5 Å². The topological polar surface area (TPSA) is 36.1 Å². The number of fused-ring (bicyclic) bond motifs is 2. The van der Waals surface area contributed by atoms with Crippen molar-refractivity contribution < 1.29 is 0 Å². The van der Waals surface area contributed by atoms with Crippen LogP contribution in [0.3, 0.4) is 0 Å². The van der Waals surface area contributed by atoms with Gasteiger partial charge in [-0.2, -0.15) is 0 Å². The number of aromatic amines is 1. The van der Waals surface area contributed by atoms with Gasteiger partial charge < -0.3 is 4.98 Å². The van der Waals surface area contributed by atoms with Crippen LogP contribution in [0.25, 0.3) is 10.9 Å². The van der Waals surface area contributed by atoms with Gasteiger partial charge in [0.05, 0.1) is 0 Å². The summed E-state index contributed by atoms with van der Waals surface area (Å²) in [6, 6.07) is 14.7. The number of H-pyrrole nitrogens is 1. The Morgan fingerprint density at radius 1 is 1.04 bits per heavy atom. The molecular formula is C21H22N2O. The average Bonchev–Trinajstić information content (AvgIpc) is 2.58. The Balaban J connectivity index is 1.66. The molecule has 0 fully saturated rings. The van der Waals surface area contributed by atoms with E-state index >= 15 is 0 Å². The zero-order valence-corrected chi connectivity index (χ0v) is 14.2. The minimum atomic E-state index is 0.191. The zero-order chi connectivity index (χ0) is 16.7. The molecule has 2 heterocycles. The predicted molar refractivity (Wildman–Crippen MR) is 98.3 cm³/mol. The number of aryl methyl sites for hydroxylation is 2. The molecule has 0 unspecified atom stereocenters. The summed E-state index contributed by atoms with van der Waals surface area (Å²) >= 11 is 0. The minimum absolute atomic E-state index is 0.191. The molecule has 0 atom stereocenters. The fraction of sp³-hybridized carbons (Fsp3) is 0.286. The first-order valence-electron chi connectivity index (χ1n) is 8.52. The molecule has 1 aliphatic heterocycles. The second kappa shape index (κ2) is 5.91. The predicted octanol–water partition coefficient (Wildman–Crippen LogP) is 3.70. The molecular weight excluding hydrogens is 296 g/mol. The molecule has 0 amide bonds. The van der Waals surface area contributed by atoms with Gasteiger partial charge in [0.1, 0.15) is 0 Å². The van der Waals surface area contributed by atoms with E-state index in [0.717, 1.165) is 53.8 Å². The molecule has 1 N–H and O–H groups in total. The van der Waals surface area contributed by atoms with Crippen molar-refractivity contribution in [3.8, 4) is 0 Å². The molecule has 0 spiro atoms. The molecule has 0 bridgehead atoms. The third-order valence-corrected chi connectivity index (χ3v) is 4.93. The van der Waals surface area contributed by atoms with Crippen molar-refractivity contribution in [1.82, 2.24) is 9.88 Å². The number of pyridine rings is 1. The molecule has 1 aliphatic rings. The maximum Gasteiger partial charge on any atom is 0.194 e. The highest BCUT2D eigenvalue weighted by Crippen LogP contribution is 2.20. The van der Waals surface area contributed by atoms with E-state index < -0.39 is 0 Å². The van der Waals surface area contributed by atoms with Gasteiger partial charge in [0, 0.05) is 48.2 Å². The zero-order valence-electron chi connectivity index (χ0n) is 14.2. The van der Waals surface area contributed by atoms with Crippen LogP contribution in [0, 0.1) is 13.8 Å². The van der Waals surface area contributed by atoms with Crippen molar-refractivity contribution in [3.05, 3.63) is 80.6 Å². The van der Waals surface area contributed by atoms with Gasteiger partial charge in [-0.3, -0.25) is 9.69 Å². The summed E-state index contributed by atoms with van der Waals surface area (Å²) in [5.74, 6) is 0. The van der Waals surface area contributed by atoms with Crippen LogP contribution in [0.4, 0.5) is 0 Å². The minimum Gasteiger partial charge on any atom is -0.358 e. The second-order valence-corrected chi connectivity index (χ2v) is 6.91. The lowest BCUT2D eigenvalue weighted by Crippen LogP contribution is -2.34. The van der Waals surface area contributed by atoms with E-state index in [4.69, 9.17) is 0 Å². The van der Waals surface area contributed by atoms with E-state index in [0.29, 0.717) is 0 Å². The summed E-state index contributed by atoms with van der Waals surface area (Å²) in [4.78, 5) is 18.8. The van der Waals surface area contributed by atoms with E-state index in [9.17, 15) is 4.79 Å². The van der Waals surface area contributed by atoms with Crippen molar-refractivity contribution in [3.63, 3.8) is 0 Å². The monoisotopic (exact) mass is 318 g/mol. The number of nitrogens with zero attached hydrogens (tertiary/aromatic N) is 1. The summed E-state index contributed by atoms with van der Waals surface area (Å²) in [5, 5.41) is 0.811. The fourth-order valence-corrected chi connectivity index (χ4v) is 3.53. The lowest BCUT2D eigenvalue weighted by Gasteiger charge is -2.28. The first-order chi connectivity index (χ1) is 11.6.